The molecule has 1 saturated heterocycles. The Kier molecular flexibility index (Phi) is 4.04. The number of amides is 1. The Morgan fingerprint density at radius 1 is 1.58 bits per heavy atom. The SMILES string of the molecule is Cc1cc([N+](=O)[O-])ccc1C(=O)N1CCC(CCl)C1. The van der Waals surface area contributed by atoms with Crippen LogP contribution in [0.3, 0.4) is 0 Å². The van der Waals surface area contributed by atoms with Crippen LogP contribution in [0.1, 0.15) is 22.3 Å². The number of nitro groups is 1. The van der Waals surface area contributed by atoms with Crippen LogP contribution in [0.4, 0.5) is 5.69 Å². The molecule has 1 fully saturated rings. The smallest absolute Gasteiger partial charge is 0.269 e. The van der Waals surface area contributed by atoms with E-state index < -0.39 is 4.92 Å². The zero-order valence-corrected chi connectivity index (χ0v) is 11.4. The van der Waals surface area contributed by atoms with Crippen molar-refractivity contribution < 1.29 is 9.72 Å². The van der Waals surface area contributed by atoms with Gasteiger partial charge in [0.25, 0.3) is 11.6 Å². The lowest BCUT2D eigenvalue weighted by atomic mass is 10.1. The van der Waals surface area contributed by atoms with Crippen molar-refractivity contribution in [2.75, 3.05) is 19.0 Å². The number of carbonyl (C=O) groups is 1. The van der Waals surface area contributed by atoms with Gasteiger partial charge in [-0.15, -0.1) is 11.6 Å². The predicted molar refractivity (Wildman–Crippen MR) is 72.6 cm³/mol. The quantitative estimate of drug-likeness (QED) is 0.486. The van der Waals surface area contributed by atoms with Crippen molar-refractivity contribution in [1.29, 1.82) is 0 Å². The van der Waals surface area contributed by atoms with Gasteiger partial charge in [-0.2, -0.15) is 0 Å². The van der Waals surface area contributed by atoms with E-state index in [9.17, 15) is 14.9 Å². The Bertz CT molecular complexity index is 519. The summed E-state index contributed by atoms with van der Waals surface area (Å²) in [6.45, 7) is 3.08. The minimum Gasteiger partial charge on any atom is -0.338 e. The third kappa shape index (κ3) is 2.87. The lowest BCUT2D eigenvalue weighted by Crippen LogP contribution is -2.29. The maximum Gasteiger partial charge on any atom is 0.269 e. The van der Waals surface area contributed by atoms with E-state index in [-0.39, 0.29) is 11.6 Å². The van der Waals surface area contributed by atoms with Crippen molar-refractivity contribution in [2.45, 2.75) is 13.3 Å². The van der Waals surface area contributed by atoms with Gasteiger partial charge in [-0.3, -0.25) is 14.9 Å². The Hall–Kier alpha value is -1.62. The maximum atomic E-state index is 12.3. The molecule has 0 saturated carbocycles. The van der Waals surface area contributed by atoms with E-state index in [0.717, 1.165) is 6.42 Å². The van der Waals surface area contributed by atoms with Crippen LogP contribution in [0.5, 0.6) is 0 Å². The molecule has 0 spiro atoms. The summed E-state index contributed by atoms with van der Waals surface area (Å²) in [6, 6.07) is 4.33. The van der Waals surface area contributed by atoms with E-state index in [2.05, 4.69) is 0 Å². The van der Waals surface area contributed by atoms with E-state index >= 15 is 0 Å². The molecule has 1 heterocycles. The molecule has 1 atom stereocenters. The number of hydrogen-bond donors (Lipinski definition) is 0. The molecule has 19 heavy (non-hydrogen) atoms. The number of alkyl halides is 1. The second-order valence-corrected chi connectivity index (χ2v) is 5.13. The monoisotopic (exact) mass is 282 g/mol. The van der Waals surface area contributed by atoms with Crippen molar-refractivity contribution in [3.8, 4) is 0 Å². The summed E-state index contributed by atoms with van der Waals surface area (Å²) in [5.74, 6) is 0.840. The van der Waals surface area contributed by atoms with Crippen LogP contribution in [0, 0.1) is 23.0 Å². The molecule has 1 amide bonds. The Labute approximate surface area is 116 Å². The van der Waals surface area contributed by atoms with Crippen molar-refractivity contribution in [1.82, 2.24) is 4.90 Å². The van der Waals surface area contributed by atoms with Crippen LogP contribution in [-0.4, -0.2) is 34.7 Å². The first-order chi connectivity index (χ1) is 9.02. The molecule has 5 nitrogen and oxygen atoms in total. The van der Waals surface area contributed by atoms with E-state index in [0.29, 0.717) is 36.0 Å². The number of hydrogen-bond acceptors (Lipinski definition) is 3. The first-order valence-corrected chi connectivity index (χ1v) is 6.66. The number of nitro benzene ring substituents is 1. The summed E-state index contributed by atoms with van der Waals surface area (Å²) in [7, 11) is 0. The van der Waals surface area contributed by atoms with Gasteiger partial charge >= 0.3 is 0 Å². The number of nitrogens with zero attached hydrogens (tertiary/aromatic N) is 2. The highest BCUT2D eigenvalue weighted by Gasteiger charge is 2.27. The molecule has 0 aromatic heterocycles. The van der Waals surface area contributed by atoms with Crippen LogP contribution in [0.25, 0.3) is 0 Å². The number of non-ortho nitro benzene ring substituents is 1. The first kappa shape index (κ1) is 13.8. The molecule has 1 aliphatic heterocycles. The van der Waals surface area contributed by atoms with Gasteiger partial charge in [0.1, 0.15) is 0 Å². The standard InChI is InChI=1S/C13H15ClN2O3/c1-9-6-11(16(18)19)2-3-12(9)13(17)15-5-4-10(7-14)8-15/h2-3,6,10H,4-5,7-8H2,1H3. The molecule has 1 unspecified atom stereocenters. The molecule has 0 radical (unpaired) electrons. The molecule has 1 aromatic carbocycles. The summed E-state index contributed by atoms with van der Waals surface area (Å²) >= 11 is 5.80. The van der Waals surface area contributed by atoms with Gasteiger partial charge in [-0.25, -0.2) is 0 Å². The van der Waals surface area contributed by atoms with Gasteiger partial charge < -0.3 is 4.90 Å². The van der Waals surface area contributed by atoms with Gasteiger partial charge in [0, 0.05) is 36.7 Å². The zero-order chi connectivity index (χ0) is 14.0. The molecule has 102 valence electrons. The van der Waals surface area contributed by atoms with Gasteiger partial charge in [0.2, 0.25) is 0 Å². The highest BCUT2D eigenvalue weighted by Crippen LogP contribution is 2.23. The normalized spacial score (nSPS) is 18.6. The highest BCUT2D eigenvalue weighted by atomic mass is 35.5. The van der Waals surface area contributed by atoms with Crippen LogP contribution >= 0.6 is 11.6 Å². The molecule has 0 aliphatic carbocycles. The number of halogens is 1. The molecule has 6 heteroatoms. The second kappa shape index (κ2) is 5.57. The van der Waals surface area contributed by atoms with Crippen LogP contribution in [0.2, 0.25) is 0 Å². The number of carbonyl (C=O) groups excluding carboxylic acids is 1. The van der Waals surface area contributed by atoms with Crippen molar-refractivity contribution in [2.24, 2.45) is 5.92 Å². The fraction of sp³-hybridized carbons (Fsp3) is 0.462. The van der Waals surface area contributed by atoms with Gasteiger partial charge in [-0.1, -0.05) is 0 Å². The average Bonchev–Trinajstić information content (AvgIpc) is 2.86. The topological polar surface area (TPSA) is 63.5 Å². The number of likely N-dealkylation sites (tertiary alicyclic amines) is 1. The lowest BCUT2D eigenvalue weighted by molar-refractivity contribution is -0.384. The summed E-state index contributed by atoms with van der Waals surface area (Å²) in [6.07, 6.45) is 0.918. The molecule has 1 aliphatic rings. The molecular formula is C13H15ClN2O3. The fourth-order valence-corrected chi connectivity index (χ4v) is 2.57. The van der Waals surface area contributed by atoms with Gasteiger partial charge in [0.15, 0.2) is 0 Å². The Morgan fingerprint density at radius 2 is 2.32 bits per heavy atom. The van der Waals surface area contributed by atoms with Gasteiger partial charge in [0.05, 0.1) is 4.92 Å². The summed E-state index contributed by atoms with van der Waals surface area (Å²) in [5.41, 5.74) is 1.17. The van der Waals surface area contributed by atoms with Crippen LogP contribution < -0.4 is 0 Å². The predicted octanol–water partition coefficient (Wildman–Crippen LogP) is 2.60. The Balaban J connectivity index is 2.18. The molecule has 0 N–H and O–H groups in total. The third-order valence-corrected chi connectivity index (χ3v) is 3.88. The second-order valence-electron chi connectivity index (χ2n) is 4.82. The summed E-state index contributed by atoms with van der Waals surface area (Å²) in [5, 5.41) is 10.7. The maximum absolute atomic E-state index is 12.3. The Morgan fingerprint density at radius 3 is 2.84 bits per heavy atom. The zero-order valence-electron chi connectivity index (χ0n) is 10.6. The summed E-state index contributed by atoms with van der Waals surface area (Å²) in [4.78, 5) is 24.3. The number of benzene rings is 1. The van der Waals surface area contributed by atoms with Crippen molar-refractivity contribution in [3.63, 3.8) is 0 Å². The summed E-state index contributed by atoms with van der Waals surface area (Å²) < 4.78 is 0. The van der Waals surface area contributed by atoms with Gasteiger partial charge in [-0.05, 0) is 30.9 Å². The average molecular weight is 283 g/mol. The van der Waals surface area contributed by atoms with Crippen molar-refractivity contribution >= 4 is 23.2 Å². The van der Waals surface area contributed by atoms with Crippen LogP contribution in [0.15, 0.2) is 18.2 Å². The van der Waals surface area contributed by atoms with E-state index in [1.165, 1.54) is 18.2 Å². The lowest BCUT2D eigenvalue weighted by Gasteiger charge is -2.17. The fourth-order valence-electron chi connectivity index (χ4n) is 2.31. The largest absolute Gasteiger partial charge is 0.338 e. The molecular weight excluding hydrogens is 268 g/mol. The minimum atomic E-state index is -0.458. The molecule has 0 bridgehead atoms. The van der Waals surface area contributed by atoms with E-state index in [4.69, 9.17) is 11.6 Å². The number of rotatable bonds is 3. The van der Waals surface area contributed by atoms with Crippen molar-refractivity contribution in [3.05, 3.63) is 39.4 Å². The van der Waals surface area contributed by atoms with E-state index in [1.54, 1.807) is 11.8 Å². The molecule has 2 rings (SSSR count). The third-order valence-electron chi connectivity index (χ3n) is 3.44. The first-order valence-electron chi connectivity index (χ1n) is 6.13. The van der Waals surface area contributed by atoms with Crippen LogP contribution in [-0.2, 0) is 0 Å². The minimum absolute atomic E-state index is 0.00843. The number of aryl methyl sites for hydroxylation is 1. The highest BCUT2D eigenvalue weighted by molar-refractivity contribution is 6.18. The van der Waals surface area contributed by atoms with E-state index in [1.807, 2.05) is 0 Å². The molecule has 1 aromatic rings.